The maximum absolute atomic E-state index is 10.8. The summed E-state index contributed by atoms with van der Waals surface area (Å²) in [6, 6.07) is 4.01. The highest BCUT2D eigenvalue weighted by atomic mass is 16.4. The van der Waals surface area contributed by atoms with E-state index in [0.29, 0.717) is 13.1 Å². The molecular weight excluding hydrogens is 218 g/mol. The van der Waals surface area contributed by atoms with Crippen LogP contribution in [0.15, 0.2) is 24.5 Å². The van der Waals surface area contributed by atoms with E-state index in [0.717, 1.165) is 5.56 Å². The lowest BCUT2D eigenvalue weighted by molar-refractivity contribution is -0.139. The summed E-state index contributed by atoms with van der Waals surface area (Å²) < 4.78 is 0. The molecule has 2 heterocycles. The van der Waals surface area contributed by atoms with Crippen molar-refractivity contribution in [2.75, 3.05) is 13.1 Å². The van der Waals surface area contributed by atoms with Gasteiger partial charge in [-0.1, -0.05) is 0 Å². The Labute approximate surface area is 100 Å². The predicted molar refractivity (Wildman–Crippen MR) is 63.6 cm³/mol. The van der Waals surface area contributed by atoms with E-state index in [1.54, 1.807) is 12.4 Å². The molecule has 5 heteroatoms. The van der Waals surface area contributed by atoms with Gasteiger partial charge in [0.2, 0.25) is 0 Å². The van der Waals surface area contributed by atoms with Gasteiger partial charge in [-0.25, -0.2) is 0 Å². The fourth-order valence-corrected chi connectivity index (χ4v) is 2.19. The smallest absolute Gasteiger partial charge is 0.305 e. The summed E-state index contributed by atoms with van der Waals surface area (Å²) in [5.74, 6) is -0.763. The molecule has 2 rings (SSSR count). The second kappa shape index (κ2) is 4.81. The van der Waals surface area contributed by atoms with Crippen molar-refractivity contribution in [2.45, 2.75) is 24.9 Å². The Kier molecular flexibility index (Phi) is 3.40. The Hall–Kier alpha value is -1.46. The molecule has 0 amide bonds. The molecule has 1 aromatic heterocycles. The maximum atomic E-state index is 10.8. The van der Waals surface area contributed by atoms with Crippen LogP contribution in [-0.4, -0.2) is 34.7 Å². The highest BCUT2D eigenvalue weighted by Crippen LogP contribution is 2.22. The van der Waals surface area contributed by atoms with E-state index >= 15 is 0 Å². The topological polar surface area (TPSA) is 74.2 Å². The molecule has 1 atom stereocenters. The minimum Gasteiger partial charge on any atom is -0.481 e. The monoisotopic (exact) mass is 235 g/mol. The van der Waals surface area contributed by atoms with E-state index < -0.39 is 5.97 Å². The second-order valence-electron chi connectivity index (χ2n) is 4.60. The lowest BCUT2D eigenvalue weighted by Gasteiger charge is -2.44. The summed E-state index contributed by atoms with van der Waals surface area (Å²) in [5.41, 5.74) is 0.811. The van der Waals surface area contributed by atoms with Crippen LogP contribution in [0.2, 0.25) is 0 Å². The average Bonchev–Trinajstić information content (AvgIpc) is 2.26. The number of aliphatic carboxylic acids is 1. The van der Waals surface area contributed by atoms with Crippen molar-refractivity contribution in [1.82, 2.24) is 15.6 Å². The first kappa shape index (κ1) is 12.0. The minimum atomic E-state index is -0.763. The zero-order chi connectivity index (χ0) is 12.3. The highest BCUT2D eigenvalue weighted by molar-refractivity contribution is 5.68. The summed E-state index contributed by atoms with van der Waals surface area (Å²) >= 11 is 0. The van der Waals surface area contributed by atoms with E-state index in [-0.39, 0.29) is 18.0 Å². The van der Waals surface area contributed by atoms with Gasteiger partial charge >= 0.3 is 5.97 Å². The SMILES string of the molecule is C[C@H](NC1(CC(=O)O)CNC1)c1ccncc1. The summed E-state index contributed by atoms with van der Waals surface area (Å²) in [6.07, 6.45) is 3.64. The molecule has 3 N–H and O–H groups in total. The lowest BCUT2D eigenvalue weighted by Crippen LogP contribution is -2.68. The molecule has 92 valence electrons. The zero-order valence-electron chi connectivity index (χ0n) is 9.81. The van der Waals surface area contributed by atoms with E-state index in [2.05, 4.69) is 15.6 Å². The molecule has 1 aliphatic heterocycles. The number of pyridine rings is 1. The largest absolute Gasteiger partial charge is 0.481 e. The molecule has 1 aromatic rings. The van der Waals surface area contributed by atoms with Crippen LogP contribution in [-0.2, 0) is 4.79 Å². The number of nitrogens with one attached hydrogen (secondary N) is 2. The summed E-state index contributed by atoms with van der Waals surface area (Å²) in [4.78, 5) is 14.8. The fourth-order valence-electron chi connectivity index (χ4n) is 2.19. The van der Waals surface area contributed by atoms with Gasteiger partial charge in [0.25, 0.3) is 0 Å². The Morgan fingerprint density at radius 2 is 2.24 bits per heavy atom. The van der Waals surface area contributed by atoms with Crippen molar-refractivity contribution in [3.8, 4) is 0 Å². The molecular formula is C12H17N3O2. The number of hydrogen-bond donors (Lipinski definition) is 3. The molecule has 1 aliphatic rings. The average molecular weight is 235 g/mol. The van der Waals surface area contributed by atoms with Gasteiger partial charge in [0.15, 0.2) is 0 Å². The third-order valence-corrected chi connectivity index (χ3v) is 3.15. The van der Waals surface area contributed by atoms with Gasteiger partial charge in [0.05, 0.1) is 12.0 Å². The van der Waals surface area contributed by atoms with Crippen molar-refractivity contribution in [3.63, 3.8) is 0 Å². The van der Waals surface area contributed by atoms with Crippen LogP contribution >= 0.6 is 0 Å². The lowest BCUT2D eigenvalue weighted by atomic mass is 9.87. The Morgan fingerprint density at radius 3 is 2.71 bits per heavy atom. The molecule has 0 unspecified atom stereocenters. The van der Waals surface area contributed by atoms with Crippen molar-refractivity contribution in [1.29, 1.82) is 0 Å². The van der Waals surface area contributed by atoms with Gasteiger partial charge in [-0.05, 0) is 24.6 Å². The fraction of sp³-hybridized carbons (Fsp3) is 0.500. The van der Waals surface area contributed by atoms with Crippen LogP contribution in [0.1, 0.15) is 24.9 Å². The van der Waals surface area contributed by atoms with E-state index in [1.807, 2.05) is 19.1 Å². The van der Waals surface area contributed by atoms with Crippen LogP contribution in [0.5, 0.6) is 0 Å². The van der Waals surface area contributed by atoms with Gasteiger partial charge in [-0.15, -0.1) is 0 Å². The Bertz CT molecular complexity index is 390. The Morgan fingerprint density at radius 1 is 1.59 bits per heavy atom. The van der Waals surface area contributed by atoms with Crippen molar-refractivity contribution >= 4 is 5.97 Å². The normalized spacial score (nSPS) is 19.4. The molecule has 1 fully saturated rings. The predicted octanol–water partition coefficient (Wildman–Crippen LogP) is 0.549. The number of carboxylic acid groups (broad SMARTS) is 1. The number of aromatic nitrogens is 1. The Balaban J connectivity index is 2.02. The van der Waals surface area contributed by atoms with Crippen LogP contribution in [0, 0.1) is 0 Å². The van der Waals surface area contributed by atoms with Crippen LogP contribution in [0.4, 0.5) is 0 Å². The van der Waals surface area contributed by atoms with Crippen molar-refractivity contribution in [2.24, 2.45) is 0 Å². The first-order chi connectivity index (χ1) is 8.11. The second-order valence-corrected chi connectivity index (χ2v) is 4.60. The van der Waals surface area contributed by atoms with Gasteiger partial charge in [-0.2, -0.15) is 0 Å². The maximum Gasteiger partial charge on any atom is 0.305 e. The van der Waals surface area contributed by atoms with E-state index in [1.165, 1.54) is 0 Å². The molecule has 0 radical (unpaired) electrons. The van der Waals surface area contributed by atoms with E-state index in [4.69, 9.17) is 5.11 Å². The summed E-state index contributed by atoms with van der Waals surface area (Å²) in [6.45, 7) is 3.45. The van der Waals surface area contributed by atoms with Gasteiger partial charge in [0, 0.05) is 31.5 Å². The third kappa shape index (κ3) is 2.81. The van der Waals surface area contributed by atoms with Gasteiger partial charge in [-0.3, -0.25) is 9.78 Å². The number of rotatable bonds is 5. The molecule has 17 heavy (non-hydrogen) atoms. The summed E-state index contributed by atoms with van der Waals surface area (Å²) in [7, 11) is 0. The summed E-state index contributed by atoms with van der Waals surface area (Å²) in [5, 5.41) is 15.5. The highest BCUT2D eigenvalue weighted by Gasteiger charge is 2.39. The van der Waals surface area contributed by atoms with Gasteiger partial charge in [0.1, 0.15) is 0 Å². The van der Waals surface area contributed by atoms with Crippen molar-refractivity contribution < 1.29 is 9.90 Å². The first-order valence-corrected chi connectivity index (χ1v) is 5.71. The zero-order valence-corrected chi connectivity index (χ0v) is 9.81. The molecule has 0 aliphatic carbocycles. The quantitative estimate of drug-likeness (QED) is 0.695. The number of hydrogen-bond acceptors (Lipinski definition) is 4. The van der Waals surface area contributed by atoms with E-state index in [9.17, 15) is 4.79 Å². The molecule has 5 nitrogen and oxygen atoms in total. The van der Waals surface area contributed by atoms with Crippen LogP contribution in [0.3, 0.4) is 0 Å². The first-order valence-electron chi connectivity index (χ1n) is 5.71. The van der Waals surface area contributed by atoms with Gasteiger partial charge < -0.3 is 15.7 Å². The molecule has 0 bridgehead atoms. The number of carboxylic acids is 1. The van der Waals surface area contributed by atoms with Crippen LogP contribution < -0.4 is 10.6 Å². The molecule has 0 aromatic carbocycles. The van der Waals surface area contributed by atoms with Crippen LogP contribution in [0.25, 0.3) is 0 Å². The van der Waals surface area contributed by atoms with Crippen molar-refractivity contribution in [3.05, 3.63) is 30.1 Å². The molecule has 0 spiro atoms. The number of carbonyl (C=O) groups is 1. The number of nitrogens with zero attached hydrogens (tertiary/aromatic N) is 1. The molecule has 0 saturated carbocycles. The molecule has 1 saturated heterocycles. The minimum absolute atomic E-state index is 0.124. The third-order valence-electron chi connectivity index (χ3n) is 3.15. The standard InChI is InChI=1S/C12H17N3O2/c1-9(10-2-4-13-5-3-10)15-12(6-11(16)17)7-14-8-12/h2-5,9,14-15H,6-8H2,1H3,(H,16,17)/t9-/m0/s1.